The second-order valence-electron chi connectivity index (χ2n) is 15.6. The molecule has 3 aromatic rings. The molecule has 2 aromatic carbocycles. The monoisotopic (exact) mass is 759 g/mol. The summed E-state index contributed by atoms with van der Waals surface area (Å²) in [5.41, 5.74) is 8.31. The fraction of sp³-hybridized carbons (Fsp3) is 0.513. The number of ether oxygens (including phenoxy) is 1. The van der Waals surface area contributed by atoms with Gasteiger partial charge in [0.25, 0.3) is 0 Å². The van der Waals surface area contributed by atoms with E-state index in [4.69, 9.17) is 10.5 Å². The van der Waals surface area contributed by atoms with Crippen LogP contribution in [0.4, 0.5) is 0 Å². The third-order valence-corrected chi connectivity index (χ3v) is 9.79. The van der Waals surface area contributed by atoms with Crippen molar-refractivity contribution in [2.75, 3.05) is 26.2 Å². The Morgan fingerprint density at radius 3 is 2.22 bits per heavy atom. The summed E-state index contributed by atoms with van der Waals surface area (Å²) in [6.45, 7) is 9.02. The summed E-state index contributed by atoms with van der Waals surface area (Å²) < 4.78 is 7.12. The maximum absolute atomic E-state index is 14.4. The van der Waals surface area contributed by atoms with Crippen LogP contribution in [0.5, 0.6) is 0 Å². The van der Waals surface area contributed by atoms with Crippen LogP contribution in [0.1, 0.15) is 58.3 Å². The van der Waals surface area contributed by atoms with Crippen molar-refractivity contribution in [2.45, 2.75) is 90.4 Å². The highest BCUT2D eigenvalue weighted by atomic mass is 16.5. The summed E-state index contributed by atoms with van der Waals surface area (Å²) in [7, 11) is 0. The molecule has 1 aromatic heterocycles. The van der Waals surface area contributed by atoms with Crippen molar-refractivity contribution >= 4 is 29.5 Å². The Labute approximate surface area is 320 Å². The average Bonchev–Trinajstić information content (AvgIpc) is 3.78. The Kier molecular flexibility index (Phi) is 13.4. The lowest BCUT2D eigenvalue weighted by Gasteiger charge is -2.35. The van der Waals surface area contributed by atoms with E-state index in [0.29, 0.717) is 5.69 Å². The van der Waals surface area contributed by atoms with E-state index < -0.39 is 77.2 Å². The third kappa shape index (κ3) is 10.3. The molecule has 2 aliphatic rings. The maximum Gasteiger partial charge on any atom is 0.248 e. The summed E-state index contributed by atoms with van der Waals surface area (Å²) in [6, 6.07) is 12.0. The predicted molar refractivity (Wildman–Crippen MR) is 203 cm³/mol. The molecule has 16 nitrogen and oxygen atoms in total. The zero-order valence-electron chi connectivity index (χ0n) is 32.0. The van der Waals surface area contributed by atoms with Crippen LogP contribution in [0, 0.1) is 11.3 Å². The second-order valence-corrected chi connectivity index (χ2v) is 15.6. The fourth-order valence-corrected chi connectivity index (χ4v) is 6.85. The summed E-state index contributed by atoms with van der Waals surface area (Å²) >= 11 is 0. The van der Waals surface area contributed by atoms with Crippen molar-refractivity contribution in [1.29, 1.82) is 0 Å². The van der Waals surface area contributed by atoms with Crippen LogP contribution < -0.4 is 27.0 Å². The van der Waals surface area contributed by atoms with Crippen LogP contribution in [0.25, 0.3) is 11.1 Å². The van der Waals surface area contributed by atoms with E-state index in [2.05, 4.69) is 31.6 Å². The summed E-state index contributed by atoms with van der Waals surface area (Å²) in [4.78, 5) is 70.7. The van der Waals surface area contributed by atoms with Crippen LogP contribution in [-0.4, -0.2) is 111 Å². The Morgan fingerprint density at radius 2 is 1.56 bits per heavy atom. The van der Waals surface area contributed by atoms with Crippen LogP contribution in [-0.2, 0) is 41.7 Å². The normalized spacial score (nSPS) is 25.2. The molecule has 16 heteroatoms. The molecule has 55 heavy (non-hydrogen) atoms. The SMILES string of the molecule is CC(C)[C@H]1NC(=O)[C@@H](Cc2ccc(-c3ccccc3)cc2)NC(=O)[C@@H]2C[C@@H](O)CN2C(=O)[C@H](C(C)(C)C)n2cc(nn2)COCCNC(=O)[C@@H](CN)NC1=O. The zero-order valence-corrected chi connectivity index (χ0v) is 32.0. The number of aromatic nitrogens is 3. The molecule has 1 fully saturated rings. The fourth-order valence-electron chi connectivity index (χ4n) is 6.85. The number of aliphatic hydroxyl groups is 1. The molecule has 0 unspecified atom stereocenters. The largest absolute Gasteiger partial charge is 0.391 e. The van der Waals surface area contributed by atoms with Crippen molar-refractivity contribution in [3.63, 3.8) is 0 Å². The minimum absolute atomic E-state index is 0.0393. The Bertz CT molecular complexity index is 1810. The standard InChI is InChI=1S/C39H53N9O7/c1-23(2)32-37(53)43-30(19-40)34(50)41-15-16-55-22-27-20-48(46-45-27)33(39(3,4)5)38(54)47-21-28(49)18-31(47)36(52)42-29(35(51)44-32)17-24-11-13-26(14-12-24)25-9-7-6-8-10-25/h6-14,20,23,28-33,49H,15-19,21-22,40H2,1-5H3,(H,41,50)(H,42,52)(H,43,53)(H,44,51)/t28-,29-,30-,31+,32-,33-/m1/s1. The number of benzene rings is 2. The first-order chi connectivity index (χ1) is 26.2. The number of hydrogen-bond donors (Lipinski definition) is 6. The summed E-state index contributed by atoms with van der Waals surface area (Å²) in [6.07, 6.45) is 0.594. The van der Waals surface area contributed by atoms with Crippen LogP contribution in [0.15, 0.2) is 60.8 Å². The molecule has 0 radical (unpaired) electrons. The van der Waals surface area contributed by atoms with Gasteiger partial charge in [-0.2, -0.15) is 0 Å². The minimum atomic E-state index is -1.19. The lowest BCUT2D eigenvalue weighted by atomic mass is 9.85. The molecular formula is C39H53N9O7. The highest BCUT2D eigenvalue weighted by Gasteiger charge is 2.46. The Balaban J connectivity index is 1.49. The molecule has 3 heterocycles. The number of amides is 5. The number of hydrogen-bond acceptors (Lipinski definition) is 10. The van der Waals surface area contributed by atoms with Crippen molar-refractivity contribution in [1.82, 2.24) is 41.2 Å². The van der Waals surface area contributed by atoms with E-state index in [0.717, 1.165) is 16.7 Å². The first kappa shape index (κ1) is 41.0. The van der Waals surface area contributed by atoms with Crippen LogP contribution in [0.3, 0.4) is 0 Å². The maximum atomic E-state index is 14.4. The lowest BCUT2D eigenvalue weighted by molar-refractivity contribution is -0.144. The number of carbonyl (C=O) groups excluding carboxylic acids is 5. The molecule has 5 rings (SSSR count). The second kappa shape index (κ2) is 18.0. The highest BCUT2D eigenvalue weighted by Crippen LogP contribution is 2.34. The quantitative estimate of drug-likeness (QED) is 0.211. The molecule has 2 aliphatic heterocycles. The number of nitrogens with two attached hydrogens (primary N) is 1. The predicted octanol–water partition coefficient (Wildman–Crippen LogP) is 0.452. The minimum Gasteiger partial charge on any atom is -0.391 e. The molecule has 6 atom stereocenters. The van der Waals surface area contributed by atoms with Gasteiger partial charge in [-0.25, -0.2) is 4.68 Å². The van der Waals surface area contributed by atoms with E-state index in [1.807, 2.05) is 75.4 Å². The van der Waals surface area contributed by atoms with Gasteiger partial charge in [-0.3, -0.25) is 24.0 Å². The molecule has 5 amide bonds. The molecule has 296 valence electrons. The van der Waals surface area contributed by atoms with Gasteiger partial charge in [0.2, 0.25) is 29.5 Å². The number of fused-ring (bicyclic) bond motifs is 3. The number of nitrogens with one attached hydrogen (secondary N) is 4. The van der Waals surface area contributed by atoms with E-state index in [1.165, 1.54) is 9.58 Å². The lowest BCUT2D eigenvalue weighted by Crippen LogP contribution is -2.60. The highest BCUT2D eigenvalue weighted by molar-refractivity contribution is 5.96. The van der Waals surface area contributed by atoms with Gasteiger partial charge >= 0.3 is 0 Å². The van der Waals surface area contributed by atoms with Gasteiger partial charge in [0.1, 0.15) is 35.9 Å². The summed E-state index contributed by atoms with van der Waals surface area (Å²) in [5, 5.41) is 30.2. The molecule has 1 saturated heterocycles. The van der Waals surface area contributed by atoms with Gasteiger partial charge in [-0.15, -0.1) is 5.10 Å². The van der Waals surface area contributed by atoms with Gasteiger partial charge in [0.15, 0.2) is 0 Å². The molecule has 0 spiro atoms. The Morgan fingerprint density at radius 1 is 0.891 bits per heavy atom. The van der Waals surface area contributed by atoms with Crippen LogP contribution in [0.2, 0.25) is 0 Å². The van der Waals surface area contributed by atoms with E-state index >= 15 is 0 Å². The number of nitrogens with zero attached hydrogens (tertiary/aromatic N) is 4. The van der Waals surface area contributed by atoms with E-state index in [9.17, 15) is 29.1 Å². The van der Waals surface area contributed by atoms with Crippen molar-refractivity contribution in [3.8, 4) is 11.1 Å². The van der Waals surface area contributed by atoms with Gasteiger partial charge in [-0.05, 0) is 28.0 Å². The molecule has 7 N–H and O–H groups in total. The summed E-state index contributed by atoms with van der Waals surface area (Å²) in [5.74, 6) is -3.32. The van der Waals surface area contributed by atoms with Crippen LogP contribution >= 0.6 is 0 Å². The zero-order chi connectivity index (χ0) is 39.9. The van der Waals surface area contributed by atoms with Gasteiger partial charge < -0.3 is 41.7 Å². The number of carbonyl (C=O) groups is 5. The van der Waals surface area contributed by atoms with Gasteiger partial charge in [0, 0.05) is 32.5 Å². The molecule has 2 bridgehead atoms. The van der Waals surface area contributed by atoms with Gasteiger partial charge in [-0.1, -0.05) is 94.4 Å². The van der Waals surface area contributed by atoms with Gasteiger partial charge in [0.05, 0.1) is 25.5 Å². The first-order valence-corrected chi connectivity index (χ1v) is 18.7. The van der Waals surface area contributed by atoms with Crippen molar-refractivity contribution in [3.05, 3.63) is 72.1 Å². The topological polar surface area (TPSA) is 223 Å². The number of aliphatic hydroxyl groups excluding tert-OH is 1. The third-order valence-electron chi connectivity index (χ3n) is 9.79. The first-order valence-electron chi connectivity index (χ1n) is 18.7. The molecular weight excluding hydrogens is 706 g/mol. The number of rotatable bonds is 5. The molecule has 0 saturated carbocycles. The molecule has 0 aliphatic carbocycles. The Hall–Kier alpha value is -5.19. The van der Waals surface area contributed by atoms with Crippen molar-refractivity contribution < 1.29 is 33.8 Å². The van der Waals surface area contributed by atoms with Crippen molar-refractivity contribution in [2.24, 2.45) is 17.1 Å². The van der Waals surface area contributed by atoms with E-state index in [1.54, 1.807) is 20.0 Å². The average molecular weight is 760 g/mol. The smallest absolute Gasteiger partial charge is 0.248 e. The van der Waals surface area contributed by atoms with E-state index in [-0.39, 0.29) is 45.7 Å².